The SMILES string of the molecule is O=C1CC(C(F)(F)c2ccccc2)C(=O)O1. The van der Waals surface area contributed by atoms with Crippen molar-refractivity contribution in [2.75, 3.05) is 0 Å². The standard InChI is InChI=1S/C11H8F2O3/c12-11(13,7-4-2-1-3-5-7)8-6-9(14)16-10(8)15/h1-5,8H,6H2. The van der Waals surface area contributed by atoms with Crippen LogP contribution in [0.25, 0.3) is 0 Å². The first kappa shape index (κ1) is 10.7. The molecule has 0 aromatic heterocycles. The molecule has 1 aromatic carbocycles. The summed E-state index contributed by atoms with van der Waals surface area (Å²) in [7, 11) is 0. The smallest absolute Gasteiger partial charge is 0.323 e. The Morgan fingerprint density at radius 3 is 2.31 bits per heavy atom. The quantitative estimate of drug-likeness (QED) is 0.571. The fourth-order valence-corrected chi connectivity index (χ4v) is 1.61. The zero-order valence-electron chi connectivity index (χ0n) is 8.15. The van der Waals surface area contributed by atoms with E-state index in [1.165, 1.54) is 24.3 Å². The molecule has 1 heterocycles. The molecule has 1 aliphatic rings. The summed E-state index contributed by atoms with van der Waals surface area (Å²) in [6, 6.07) is 6.93. The van der Waals surface area contributed by atoms with E-state index in [1.807, 2.05) is 0 Å². The Morgan fingerprint density at radius 1 is 1.19 bits per heavy atom. The first-order valence-electron chi connectivity index (χ1n) is 4.69. The normalized spacial score (nSPS) is 21.0. The second-order valence-electron chi connectivity index (χ2n) is 3.54. The van der Waals surface area contributed by atoms with Crippen molar-refractivity contribution >= 4 is 11.9 Å². The van der Waals surface area contributed by atoms with Gasteiger partial charge in [-0.05, 0) is 0 Å². The summed E-state index contributed by atoms with van der Waals surface area (Å²) in [4.78, 5) is 21.8. The van der Waals surface area contributed by atoms with Crippen molar-refractivity contribution in [1.29, 1.82) is 0 Å². The molecule has 0 saturated carbocycles. The predicted molar refractivity (Wildman–Crippen MR) is 49.5 cm³/mol. The number of benzene rings is 1. The van der Waals surface area contributed by atoms with Crippen molar-refractivity contribution in [3.05, 3.63) is 35.9 Å². The van der Waals surface area contributed by atoms with Crippen LogP contribution < -0.4 is 0 Å². The fraction of sp³-hybridized carbons (Fsp3) is 0.273. The van der Waals surface area contributed by atoms with E-state index in [0.717, 1.165) is 0 Å². The van der Waals surface area contributed by atoms with E-state index in [-0.39, 0.29) is 5.56 Å². The number of esters is 2. The molecule has 3 nitrogen and oxygen atoms in total. The molecule has 0 N–H and O–H groups in total. The second-order valence-corrected chi connectivity index (χ2v) is 3.54. The van der Waals surface area contributed by atoms with Gasteiger partial charge in [0.2, 0.25) is 0 Å². The Kier molecular flexibility index (Phi) is 2.46. The summed E-state index contributed by atoms with van der Waals surface area (Å²) < 4.78 is 31.8. The van der Waals surface area contributed by atoms with Gasteiger partial charge in [-0.2, -0.15) is 0 Å². The van der Waals surface area contributed by atoms with Crippen LogP contribution in [-0.2, 0) is 20.2 Å². The Bertz CT molecular complexity index is 428. The van der Waals surface area contributed by atoms with Crippen molar-refractivity contribution in [3.63, 3.8) is 0 Å². The third-order valence-electron chi connectivity index (χ3n) is 2.47. The largest absolute Gasteiger partial charge is 0.393 e. The molecular weight excluding hydrogens is 218 g/mol. The third-order valence-corrected chi connectivity index (χ3v) is 2.47. The lowest BCUT2D eigenvalue weighted by Gasteiger charge is -2.19. The molecule has 0 aliphatic carbocycles. The highest BCUT2D eigenvalue weighted by Gasteiger charge is 2.52. The zero-order valence-corrected chi connectivity index (χ0v) is 8.15. The van der Waals surface area contributed by atoms with Crippen molar-refractivity contribution in [3.8, 4) is 0 Å². The van der Waals surface area contributed by atoms with Gasteiger partial charge in [0.05, 0.1) is 6.42 Å². The number of carbonyl (C=O) groups excluding carboxylic acids is 2. The number of carbonyl (C=O) groups is 2. The molecule has 1 aromatic rings. The van der Waals surface area contributed by atoms with Gasteiger partial charge < -0.3 is 4.74 Å². The van der Waals surface area contributed by atoms with Crippen LogP contribution in [0.4, 0.5) is 8.78 Å². The molecular formula is C11H8F2O3. The molecule has 84 valence electrons. The van der Waals surface area contributed by atoms with E-state index in [4.69, 9.17) is 0 Å². The van der Waals surface area contributed by atoms with Crippen LogP contribution >= 0.6 is 0 Å². The fourth-order valence-electron chi connectivity index (χ4n) is 1.61. The van der Waals surface area contributed by atoms with E-state index >= 15 is 0 Å². The maximum absolute atomic E-state index is 13.8. The van der Waals surface area contributed by atoms with Crippen molar-refractivity contribution < 1.29 is 23.1 Å². The van der Waals surface area contributed by atoms with Gasteiger partial charge >= 0.3 is 11.9 Å². The minimum Gasteiger partial charge on any atom is -0.393 e. The summed E-state index contributed by atoms with van der Waals surface area (Å²) >= 11 is 0. The van der Waals surface area contributed by atoms with Crippen LogP contribution in [0.1, 0.15) is 12.0 Å². The summed E-state index contributed by atoms with van der Waals surface area (Å²) in [5.41, 5.74) is -0.286. The first-order chi connectivity index (χ1) is 7.51. The monoisotopic (exact) mass is 226 g/mol. The average Bonchev–Trinajstić information content (AvgIpc) is 2.60. The van der Waals surface area contributed by atoms with Gasteiger partial charge in [-0.15, -0.1) is 0 Å². The molecule has 2 rings (SSSR count). The number of hydrogen-bond donors (Lipinski definition) is 0. The number of hydrogen-bond acceptors (Lipinski definition) is 3. The van der Waals surface area contributed by atoms with E-state index < -0.39 is 30.2 Å². The summed E-state index contributed by atoms with van der Waals surface area (Å²) in [6.07, 6.45) is -0.569. The molecule has 1 aliphatic heterocycles. The molecule has 1 unspecified atom stereocenters. The minimum atomic E-state index is -3.37. The van der Waals surface area contributed by atoms with E-state index in [0.29, 0.717) is 0 Å². The molecule has 0 bridgehead atoms. The van der Waals surface area contributed by atoms with Gasteiger partial charge in [-0.3, -0.25) is 9.59 Å². The molecule has 0 amide bonds. The van der Waals surface area contributed by atoms with E-state index in [1.54, 1.807) is 6.07 Å². The van der Waals surface area contributed by atoms with Crippen molar-refractivity contribution in [2.45, 2.75) is 12.3 Å². The number of halogens is 2. The minimum absolute atomic E-state index is 0.286. The van der Waals surface area contributed by atoms with E-state index in [2.05, 4.69) is 4.74 Å². The lowest BCUT2D eigenvalue weighted by Crippen LogP contribution is -2.29. The highest BCUT2D eigenvalue weighted by atomic mass is 19.3. The van der Waals surface area contributed by atoms with Gasteiger partial charge in [0.25, 0.3) is 5.92 Å². The summed E-state index contributed by atoms with van der Waals surface area (Å²) in [5.74, 6) is -7.13. The lowest BCUT2D eigenvalue weighted by molar-refractivity contribution is -0.158. The second kappa shape index (κ2) is 3.66. The molecule has 0 spiro atoms. The Balaban J connectivity index is 2.32. The van der Waals surface area contributed by atoms with Gasteiger partial charge in [0.15, 0.2) is 0 Å². The van der Waals surface area contributed by atoms with Crippen LogP contribution in [-0.4, -0.2) is 11.9 Å². The van der Waals surface area contributed by atoms with Crippen LogP contribution in [0.5, 0.6) is 0 Å². The molecule has 0 radical (unpaired) electrons. The molecule has 16 heavy (non-hydrogen) atoms. The van der Waals surface area contributed by atoms with Crippen LogP contribution in [0.2, 0.25) is 0 Å². The van der Waals surface area contributed by atoms with Gasteiger partial charge in [-0.25, -0.2) is 8.78 Å². The lowest BCUT2D eigenvalue weighted by atomic mass is 9.93. The number of alkyl halides is 2. The Hall–Kier alpha value is -1.78. The van der Waals surface area contributed by atoms with Gasteiger partial charge in [0, 0.05) is 5.56 Å². The Morgan fingerprint density at radius 2 is 1.81 bits per heavy atom. The average molecular weight is 226 g/mol. The van der Waals surface area contributed by atoms with Crippen LogP contribution in [0, 0.1) is 5.92 Å². The topological polar surface area (TPSA) is 43.4 Å². The summed E-state index contributed by atoms with van der Waals surface area (Å²) in [5, 5.41) is 0. The van der Waals surface area contributed by atoms with Gasteiger partial charge in [-0.1, -0.05) is 30.3 Å². The Labute approximate surface area is 90.0 Å². The molecule has 5 heteroatoms. The zero-order chi connectivity index (χ0) is 11.8. The summed E-state index contributed by atoms with van der Waals surface area (Å²) in [6.45, 7) is 0. The first-order valence-corrected chi connectivity index (χ1v) is 4.69. The van der Waals surface area contributed by atoms with Crippen molar-refractivity contribution in [2.24, 2.45) is 5.92 Å². The highest BCUT2D eigenvalue weighted by molar-refractivity contribution is 5.95. The highest BCUT2D eigenvalue weighted by Crippen LogP contribution is 2.40. The van der Waals surface area contributed by atoms with Gasteiger partial charge in [0.1, 0.15) is 5.92 Å². The number of rotatable bonds is 2. The molecule has 1 atom stereocenters. The molecule has 1 saturated heterocycles. The van der Waals surface area contributed by atoms with Crippen molar-refractivity contribution in [1.82, 2.24) is 0 Å². The van der Waals surface area contributed by atoms with Crippen LogP contribution in [0.3, 0.4) is 0 Å². The third kappa shape index (κ3) is 1.68. The predicted octanol–water partition coefficient (Wildman–Crippen LogP) is 1.87. The van der Waals surface area contributed by atoms with Crippen LogP contribution in [0.15, 0.2) is 30.3 Å². The maximum Gasteiger partial charge on any atom is 0.323 e. The maximum atomic E-state index is 13.8. The van der Waals surface area contributed by atoms with E-state index in [9.17, 15) is 18.4 Å². The molecule has 1 fully saturated rings. The number of cyclic esters (lactones) is 2. The number of ether oxygens (including phenoxy) is 1.